The molecule has 0 aliphatic rings. The van der Waals surface area contributed by atoms with E-state index < -0.39 is 0 Å². The minimum Gasteiger partial charge on any atom is -0.232 e. The summed E-state index contributed by atoms with van der Waals surface area (Å²) in [5.74, 6) is 0.760. The molecule has 0 saturated carbocycles. The lowest BCUT2D eigenvalue weighted by atomic mass is 9.95. The van der Waals surface area contributed by atoms with Gasteiger partial charge in [-0.15, -0.1) is 0 Å². The summed E-state index contributed by atoms with van der Waals surface area (Å²) in [5.41, 5.74) is 5.07. The van der Waals surface area contributed by atoms with E-state index in [9.17, 15) is 4.39 Å². The van der Waals surface area contributed by atoms with Crippen molar-refractivity contribution in [2.45, 2.75) is 39.5 Å². The van der Waals surface area contributed by atoms with Crippen LogP contribution < -0.4 is 0 Å². The third kappa shape index (κ3) is 3.76. The maximum absolute atomic E-state index is 13.3. The van der Waals surface area contributed by atoms with E-state index >= 15 is 0 Å². The Labute approximate surface area is 148 Å². The van der Waals surface area contributed by atoms with Crippen LogP contribution in [0.4, 0.5) is 4.39 Å². The molecule has 0 spiro atoms. The van der Waals surface area contributed by atoms with E-state index in [1.807, 2.05) is 18.2 Å². The highest BCUT2D eigenvalue weighted by atomic mass is 19.1. The number of hydrogen-bond donors (Lipinski definition) is 0. The first kappa shape index (κ1) is 17.3. The first-order chi connectivity index (χ1) is 12.1. The zero-order chi connectivity index (χ0) is 17.8. The van der Waals surface area contributed by atoms with Gasteiger partial charge in [-0.3, -0.25) is 0 Å². The largest absolute Gasteiger partial charge is 0.232 e. The lowest BCUT2D eigenvalue weighted by Crippen LogP contribution is -2.06. The topological polar surface area (TPSA) is 25.8 Å². The highest BCUT2D eigenvalue weighted by Gasteiger charge is 2.17. The van der Waals surface area contributed by atoms with E-state index in [1.165, 1.54) is 12.1 Å². The average molecular weight is 334 g/mol. The summed E-state index contributed by atoms with van der Waals surface area (Å²) in [6, 6.07) is 16.6. The highest BCUT2D eigenvalue weighted by molar-refractivity contribution is 5.67. The molecular formula is C22H23FN2. The van der Waals surface area contributed by atoms with Crippen molar-refractivity contribution >= 4 is 0 Å². The van der Waals surface area contributed by atoms with E-state index in [-0.39, 0.29) is 5.82 Å². The SMILES string of the molecule is CCCC(C)c1nc(-c2ccc(F)cc2)nc(-c2ccccc2)c1C. The first-order valence-corrected chi connectivity index (χ1v) is 8.80. The Morgan fingerprint density at radius 1 is 0.920 bits per heavy atom. The predicted molar refractivity (Wildman–Crippen MR) is 101 cm³/mol. The molecule has 2 aromatic carbocycles. The van der Waals surface area contributed by atoms with Gasteiger partial charge in [0, 0.05) is 11.1 Å². The molecule has 0 bridgehead atoms. The molecule has 1 atom stereocenters. The smallest absolute Gasteiger partial charge is 0.160 e. The van der Waals surface area contributed by atoms with Crippen molar-refractivity contribution in [1.82, 2.24) is 9.97 Å². The molecule has 2 nitrogen and oxygen atoms in total. The van der Waals surface area contributed by atoms with Crippen LogP contribution in [-0.2, 0) is 0 Å². The van der Waals surface area contributed by atoms with Crippen LogP contribution in [0.3, 0.4) is 0 Å². The molecule has 1 aromatic heterocycles. The molecule has 0 N–H and O–H groups in total. The van der Waals surface area contributed by atoms with Crippen molar-refractivity contribution in [1.29, 1.82) is 0 Å². The average Bonchev–Trinajstić information content (AvgIpc) is 2.63. The fourth-order valence-electron chi connectivity index (χ4n) is 3.19. The summed E-state index contributed by atoms with van der Waals surface area (Å²) in [5, 5.41) is 0. The maximum Gasteiger partial charge on any atom is 0.160 e. The predicted octanol–water partition coefficient (Wildman–Crippen LogP) is 6.16. The summed E-state index contributed by atoms with van der Waals surface area (Å²) in [4.78, 5) is 9.66. The molecule has 3 rings (SSSR count). The molecule has 25 heavy (non-hydrogen) atoms. The van der Waals surface area contributed by atoms with Gasteiger partial charge >= 0.3 is 0 Å². The molecule has 0 fully saturated rings. The third-order valence-electron chi connectivity index (χ3n) is 4.52. The molecule has 0 radical (unpaired) electrons. The number of aromatic nitrogens is 2. The van der Waals surface area contributed by atoms with Gasteiger partial charge in [-0.1, -0.05) is 50.6 Å². The zero-order valence-corrected chi connectivity index (χ0v) is 15.0. The maximum atomic E-state index is 13.3. The number of nitrogens with zero attached hydrogens (tertiary/aromatic N) is 2. The fraction of sp³-hybridized carbons (Fsp3) is 0.273. The lowest BCUT2D eigenvalue weighted by molar-refractivity contribution is 0.628. The Morgan fingerprint density at radius 3 is 2.24 bits per heavy atom. The Morgan fingerprint density at radius 2 is 1.60 bits per heavy atom. The molecule has 0 aliphatic carbocycles. The Hall–Kier alpha value is -2.55. The normalized spacial score (nSPS) is 12.2. The van der Waals surface area contributed by atoms with Crippen LogP contribution >= 0.6 is 0 Å². The summed E-state index contributed by atoms with van der Waals surface area (Å²) in [7, 11) is 0. The number of rotatable bonds is 5. The number of halogens is 1. The lowest BCUT2D eigenvalue weighted by Gasteiger charge is -2.17. The second-order valence-corrected chi connectivity index (χ2v) is 6.47. The fourth-order valence-corrected chi connectivity index (χ4v) is 3.19. The van der Waals surface area contributed by atoms with Gasteiger partial charge in [0.1, 0.15) is 5.82 Å². The van der Waals surface area contributed by atoms with Gasteiger partial charge in [0.25, 0.3) is 0 Å². The Balaban J connectivity index is 2.18. The summed E-state index contributed by atoms with van der Waals surface area (Å²) in [6.45, 7) is 6.49. The van der Waals surface area contributed by atoms with E-state index in [0.717, 1.165) is 40.9 Å². The van der Waals surface area contributed by atoms with Gasteiger partial charge in [-0.05, 0) is 49.1 Å². The number of hydrogen-bond acceptors (Lipinski definition) is 2. The standard InChI is InChI=1S/C22H23FN2/c1-4-8-15(2)20-16(3)21(17-9-6-5-7-10-17)25-22(24-20)18-11-13-19(23)14-12-18/h5-7,9-15H,4,8H2,1-3H3. The van der Waals surface area contributed by atoms with Crippen molar-refractivity contribution in [2.75, 3.05) is 0 Å². The molecule has 3 aromatic rings. The molecule has 128 valence electrons. The second kappa shape index (κ2) is 7.56. The first-order valence-electron chi connectivity index (χ1n) is 8.80. The molecular weight excluding hydrogens is 311 g/mol. The van der Waals surface area contributed by atoms with Crippen LogP contribution in [0.5, 0.6) is 0 Å². The van der Waals surface area contributed by atoms with Crippen LogP contribution in [-0.4, -0.2) is 9.97 Å². The van der Waals surface area contributed by atoms with Crippen molar-refractivity contribution in [3.05, 3.63) is 71.7 Å². The van der Waals surface area contributed by atoms with Crippen LogP contribution in [0.25, 0.3) is 22.6 Å². The summed E-state index contributed by atoms with van der Waals surface area (Å²) in [6.07, 6.45) is 2.19. The highest BCUT2D eigenvalue weighted by Crippen LogP contribution is 2.31. The Bertz CT molecular complexity index is 842. The second-order valence-electron chi connectivity index (χ2n) is 6.47. The third-order valence-corrected chi connectivity index (χ3v) is 4.52. The van der Waals surface area contributed by atoms with E-state index in [0.29, 0.717) is 11.7 Å². The van der Waals surface area contributed by atoms with Gasteiger partial charge in [0.05, 0.1) is 11.4 Å². The van der Waals surface area contributed by atoms with Crippen molar-refractivity contribution < 1.29 is 4.39 Å². The van der Waals surface area contributed by atoms with Crippen LogP contribution in [0.1, 0.15) is 43.9 Å². The summed E-state index contributed by atoms with van der Waals surface area (Å²) >= 11 is 0. The number of benzene rings is 2. The van der Waals surface area contributed by atoms with Gasteiger partial charge in [0.2, 0.25) is 0 Å². The molecule has 0 aliphatic heterocycles. The van der Waals surface area contributed by atoms with Gasteiger partial charge in [-0.25, -0.2) is 14.4 Å². The monoisotopic (exact) mass is 334 g/mol. The molecule has 1 unspecified atom stereocenters. The Kier molecular flexibility index (Phi) is 5.22. The van der Waals surface area contributed by atoms with Gasteiger partial charge in [0.15, 0.2) is 5.82 Å². The molecule has 0 saturated heterocycles. The molecule has 0 amide bonds. The van der Waals surface area contributed by atoms with Gasteiger partial charge in [-0.2, -0.15) is 0 Å². The van der Waals surface area contributed by atoms with E-state index in [4.69, 9.17) is 9.97 Å². The van der Waals surface area contributed by atoms with Crippen molar-refractivity contribution in [3.63, 3.8) is 0 Å². The van der Waals surface area contributed by atoms with Crippen LogP contribution in [0.2, 0.25) is 0 Å². The van der Waals surface area contributed by atoms with Crippen molar-refractivity contribution in [3.8, 4) is 22.6 Å². The minimum atomic E-state index is -0.251. The van der Waals surface area contributed by atoms with Crippen LogP contribution in [0.15, 0.2) is 54.6 Å². The zero-order valence-electron chi connectivity index (χ0n) is 15.0. The summed E-state index contributed by atoms with van der Waals surface area (Å²) < 4.78 is 13.3. The van der Waals surface area contributed by atoms with E-state index in [2.05, 4.69) is 32.9 Å². The van der Waals surface area contributed by atoms with E-state index in [1.54, 1.807) is 12.1 Å². The quantitative estimate of drug-likeness (QED) is 0.558. The molecule has 3 heteroatoms. The molecule has 1 heterocycles. The minimum absolute atomic E-state index is 0.251. The van der Waals surface area contributed by atoms with Gasteiger partial charge < -0.3 is 0 Å². The van der Waals surface area contributed by atoms with Crippen LogP contribution in [0, 0.1) is 12.7 Å². The van der Waals surface area contributed by atoms with Crippen molar-refractivity contribution in [2.24, 2.45) is 0 Å².